The Kier molecular flexibility index (Phi) is 5.74. The maximum atomic E-state index is 11.9. The first kappa shape index (κ1) is 17.4. The third-order valence-electron chi connectivity index (χ3n) is 3.55. The monoisotopic (exact) mass is 328 g/mol. The number of anilines is 1. The Morgan fingerprint density at radius 1 is 1.22 bits per heavy atom. The fraction of sp³-hybridized carbons (Fsp3) is 0.500. The van der Waals surface area contributed by atoms with Gasteiger partial charge >= 0.3 is 6.03 Å². The van der Waals surface area contributed by atoms with Gasteiger partial charge in [0.1, 0.15) is 30.1 Å². The van der Waals surface area contributed by atoms with Crippen LogP contribution >= 0.6 is 0 Å². The minimum absolute atomic E-state index is 0.470. The summed E-state index contributed by atoms with van der Waals surface area (Å²) < 4.78 is 9.95. The summed E-state index contributed by atoms with van der Waals surface area (Å²) in [7, 11) is 1.52. The fourth-order valence-electron chi connectivity index (χ4n) is 2.25. The Balaban J connectivity index is 1.95. The highest BCUT2D eigenvalue weighted by Crippen LogP contribution is 2.20. The third-order valence-corrected chi connectivity index (χ3v) is 3.55. The van der Waals surface area contributed by atoms with Gasteiger partial charge in [0.05, 0.1) is 13.7 Å². The number of carbonyl (C=O) groups is 1. The lowest BCUT2D eigenvalue weighted by Crippen LogP contribution is -2.64. The van der Waals surface area contributed by atoms with E-state index in [4.69, 9.17) is 14.6 Å². The van der Waals surface area contributed by atoms with Crippen molar-refractivity contribution < 1.29 is 34.7 Å². The van der Waals surface area contributed by atoms with E-state index in [2.05, 4.69) is 10.6 Å². The van der Waals surface area contributed by atoms with Crippen LogP contribution in [0.4, 0.5) is 10.5 Å². The zero-order valence-corrected chi connectivity index (χ0v) is 12.4. The van der Waals surface area contributed by atoms with E-state index in [9.17, 15) is 20.1 Å². The summed E-state index contributed by atoms with van der Waals surface area (Å²) in [4.78, 5) is 11.9. The van der Waals surface area contributed by atoms with E-state index < -0.39 is 43.3 Å². The number of amides is 2. The van der Waals surface area contributed by atoms with Crippen LogP contribution in [0.2, 0.25) is 0 Å². The molecule has 0 aliphatic carbocycles. The molecule has 0 saturated carbocycles. The summed E-state index contributed by atoms with van der Waals surface area (Å²) >= 11 is 0. The van der Waals surface area contributed by atoms with Crippen molar-refractivity contribution in [1.82, 2.24) is 5.32 Å². The van der Waals surface area contributed by atoms with E-state index in [-0.39, 0.29) is 0 Å². The molecule has 128 valence electrons. The van der Waals surface area contributed by atoms with Gasteiger partial charge in [-0.3, -0.25) is 0 Å². The number of benzene rings is 1. The summed E-state index contributed by atoms with van der Waals surface area (Å²) in [6.45, 7) is -0.569. The number of hydrogen-bond acceptors (Lipinski definition) is 7. The fourth-order valence-corrected chi connectivity index (χ4v) is 2.25. The van der Waals surface area contributed by atoms with E-state index in [0.29, 0.717) is 11.4 Å². The van der Waals surface area contributed by atoms with Gasteiger partial charge in [-0.05, 0) is 24.3 Å². The largest absolute Gasteiger partial charge is 0.497 e. The molecule has 1 heterocycles. The number of methoxy groups -OCH3 is 1. The van der Waals surface area contributed by atoms with Gasteiger partial charge in [0.15, 0.2) is 6.29 Å². The number of hydrogen-bond donors (Lipinski definition) is 6. The molecule has 1 saturated heterocycles. The summed E-state index contributed by atoms with van der Waals surface area (Å²) in [5.41, 5.74) is 0.470. The molecule has 0 bridgehead atoms. The number of aliphatic hydroxyl groups excluding tert-OH is 4. The van der Waals surface area contributed by atoms with Crippen LogP contribution in [-0.4, -0.2) is 70.8 Å². The molecule has 5 atom stereocenters. The van der Waals surface area contributed by atoms with Crippen LogP contribution in [0, 0.1) is 0 Å². The Hall–Kier alpha value is -1.91. The summed E-state index contributed by atoms with van der Waals surface area (Å²) in [6.07, 6.45) is -5.61. The van der Waals surface area contributed by atoms with Gasteiger partial charge in [0.25, 0.3) is 0 Å². The average molecular weight is 328 g/mol. The smallest absolute Gasteiger partial charge is 0.319 e. The predicted octanol–water partition coefficient (Wildman–Crippen LogP) is -1.38. The van der Waals surface area contributed by atoms with Crippen molar-refractivity contribution >= 4 is 11.7 Å². The predicted molar refractivity (Wildman–Crippen MR) is 78.9 cm³/mol. The first-order valence-electron chi connectivity index (χ1n) is 6.98. The molecule has 9 heteroatoms. The molecule has 1 fully saturated rings. The molecule has 0 spiro atoms. The lowest BCUT2D eigenvalue weighted by molar-refractivity contribution is -0.252. The second-order valence-electron chi connectivity index (χ2n) is 5.08. The highest BCUT2D eigenvalue weighted by Gasteiger charge is 2.44. The number of carbonyl (C=O) groups excluding carboxylic acids is 1. The van der Waals surface area contributed by atoms with Crippen LogP contribution in [0.5, 0.6) is 5.75 Å². The molecule has 23 heavy (non-hydrogen) atoms. The van der Waals surface area contributed by atoms with Crippen molar-refractivity contribution in [2.24, 2.45) is 0 Å². The maximum absolute atomic E-state index is 11.9. The van der Waals surface area contributed by atoms with Gasteiger partial charge in [0.2, 0.25) is 0 Å². The van der Waals surface area contributed by atoms with Crippen LogP contribution in [0.3, 0.4) is 0 Å². The molecule has 0 unspecified atom stereocenters. The van der Waals surface area contributed by atoms with E-state index in [1.54, 1.807) is 24.3 Å². The van der Waals surface area contributed by atoms with Gasteiger partial charge in [-0.1, -0.05) is 0 Å². The lowest BCUT2D eigenvalue weighted by atomic mass is 9.97. The second kappa shape index (κ2) is 7.57. The number of aliphatic hydroxyl groups is 4. The quantitative estimate of drug-likeness (QED) is 0.400. The Bertz CT molecular complexity index is 524. The van der Waals surface area contributed by atoms with Crippen molar-refractivity contribution in [3.8, 4) is 5.75 Å². The first-order valence-corrected chi connectivity index (χ1v) is 6.98. The third kappa shape index (κ3) is 4.09. The maximum Gasteiger partial charge on any atom is 0.319 e. The van der Waals surface area contributed by atoms with Crippen LogP contribution in [-0.2, 0) is 4.74 Å². The molecule has 1 aliphatic heterocycles. The SMILES string of the molecule is COc1ccc(NC(=O)N[C@@H]2[C@@H](O)[C@H](O)[C@@H](CO)O[C@H]2O)cc1. The van der Waals surface area contributed by atoms with E-state index >= 15 is 0 Å². The molecule has 0 radical (unpaired) electrons. The minimum Gasteiger partial charge on any atom is -0.497 e. The highest BCUT2D eigenvalue weighted by molar-refractivity contribution is 5.89. The van der Waals surface area contributed by atoms with Crippen molar-refractivity contribution in [3.05, 3.63) is 24.3 Å². The number of nitrogens with one attached hydrogen (secondary N) is 2. The van der Waals surface area contributed by atoms with E-state index in [1.807, 2.05) is 0 Å². The van der Waals surface area contributed by atoms with Gasteiger partial charge in [0, 0.05) is 5.69 Å². The van der Waals surface area contributed by atoms with E-state index in [0.717, 1.165) is 0 Å². The van der Waals surface area contributed by atoms with Crippen LogP contribution in [0.15, 0.2) is 24.3 Å². The summed E-state index contributed by atoms with van der Waals surface area (Å²) in [5, 5.41) is 43.3. The second-order valence-corrected chi connectivity index (χ2v) is 5.08. The van der Waals surface area contributed by atoms with Crippen molar-refractivity contribution in [2.75, 3.05) is 19.0 Å². The number of rotatable bonds is 4. The van der Waals surface area contributed by atoms with Crippen LogP contribution < -0.4 is 15.4 Å². The van der Waals surface area contributed by atoms with Gasteiger partial charge < -0.3 is 40.5 Å². The normalized spacial score (nSPS) is 30.6. The Morgan fingerprint density at radius 2 is 1.87 bits per heavy atom. The highest BCUT2D eigenvalue weighted by atomic mass is 16.6. The molecular weight excluding hydrogens is 308 g/mol. The molecule has 1 aliphatic rings. The number of ether oxygens (including phenoxy) is 2. The minimum atomic E-state index is -1.56. The molecule has 2 amide bonds. The van der Waals surface area contributed by atoms with Gasteiger partial charge in [-0.2, -0.15) is 0 Å². The van der Waals surface area contributed by atoms with Crippen LogP contribution in [0.1, 0.15) is 0 Å². The average Bonchev–Trinajstić information content (AvgIpc) is 2.55. The molecule has 1 aromatic carbocycles. The van der Waals surface area contributed by atoms with Gasteiger partial charge in [-0.25, -0.2) is 4.79 Å². The van der Waals surface area contributed by atoms with Crippen molar-refractivity contribution in [3.63, 3.8) is 0 Å². The molecule has 0 aromatic heterocycles. The van der Waals surface area contributed by atoms with Crippen LogP contribution in [0.25, 0.3) is 0 Å². The molecule has 9 nitrogen and oxygen atoms in total. The molecule has 1 aromatic rings. The molecule has 6 N–H and O–H groups in total. The Labute approximate surface area is 132 Å². The standard InChI is InChI=1S/C14H20N2O7/c1-22-8-4-2-7(3-5-8)15-14(21)16-10-12(19)11(18)9(6-17)23-13(10)20/h2-5,9-13,17-20H,6H2,1H3,(H2,15,16,21)/t9-,10-,11-,12-,13-/m1/s1. The summed E-state index contributed by atoms with van der Waals surface area (Å²) in [6, 6.07) is 4.58. The topological polar surface area (TPSA) is 141 Å². The van der Waals surface area contributed by atoms with Crippen molar-refractivity contribution in [1.29, 1.82) is 0 Å². The first-order chi connectivity index (χ1) is 11.0. The zero-order chi connectivity index (χ0) is 17.0. The lowest BCUT2D eigenvalue weighted by Gasteiger charge is -2.40. The Morgan fingerprint density at radius 3 is 2.43 bits per heavy atom. The van der Waals surface area contributed by atoms with E-state index in [1.165, 1.54) is 7.11 Å². The number of urea groups is 1. The molecular formula is C14H20N2O7. The molecule has 2 rings (SSSR count). The summed E-state index contributed by atoms with van der Waals surface area (Å²) in [5.74, 6) is 0.626. The zero-order valence-electron chi connectivity index (χ0n) is 12.4. The van der Waals surface area contributed by atoms with Crippen molar-refractivity contribution in [2.45, 2.75) is 30.6 Å². The van der Waals surface area contributed by atoms with Gasteiger partial charge in [-0.15, -0.1) is 0 Å².